The normalized spacial score (nSPS) is 50.1. The summed E-state index contributed by atoms with van der Waals surface area (Å²) in [5, 5.41) is 0. The standard InChI is InChI=1S/C10H14/c1-3-8-6-9-4-5-10(8)7(9)2/h3-5,7-10H,1,6H2,2H3. The summed E-state index contributed by atoms with van der Waals surface area (Å²) in [6.45, 7) is 6.22. The molecule has 0 radical (unpaired) electrons. The van der Waals surface area contributed by atoms with Crippen LogP contribution in [0.5, 0.6) is 0 Å². The highest BCUT2D eigenvalue weighted by Gasteiger charge is 2.40. The van der Waals surface area contributed by atoms with Gasteiger partial charge in [0, 0.05) is 0 Å². The lowest BCUT2D eigenvalue weighted by Gasteiger charge is -2.12. The first kappa shape index (κ1) is 6.21. The Hall–Kier alpha value is -0.520. The van der Waals surface area contributed by atoms with Gasteiger partial charge in [-0.3, -0.25) is 0 Å². The molecule has 0 N–H and O–H groups in total. The molecular weight excluding hydrogens is 120 g/mol. The molecule has 0 amide bonds. The monoisotopic (exact) mass is 134 g/mol. The Balaban J connectivity index is 2.23. The van der Waals surface area contributed by atoms with E-state index in [1.807, 2.05) is 0 Å². The van der Waals surface area contributed by atoms with Crippen molar-refractivity contribution in [1.82, 2.24) is 0 Å². The lowest BCUT2D eigenvalue weighted by atomic mass is 9.92. The van der Waals surface area contributed by atoms with Gasteiger partial charge in [-0.25, -0.2) is 0 Å². The minimum Gasteiger partial charge on any atom is -0.103 e. The van der Waals surface area contributed by atoms with E-state index in [2.05, 4.69) is 31.7 Å². The second-order valence-corrected chi connectivity index (χ2v) is 3.62. The van der Waals surface area contributed by atoms with Crippen LogP contribution in [0.1, 0.15) is 13.3 Å². The van der Waals surface area contributed by atoms with Gasteiger partial charge in [0.15, 0.2) is 0 Å². The fraction of sp³-hybridized carbons (Fsp3) is 0.600. The molecule has 54 valence electrons. The Morgan fingerprint density at radius 3 is 2.60 bits per heavy atom. The third-order valence-electron chi connectivity index (χ3n) is 3.20. The third kappa shape index (κ3) is 0.622. The first-order chi connectivity index (χ1) is 4.83. The Morgan fingerprint density at radius 1 is 1.50 bits per heavy atom. The highest BCUT2D eigenvalue weighted by Crippen LogP contribution is 2.48. The third-order valence-corrected chi connectivity index (χ3v) is 3.20. The zero-order valence-electron chi connectivity index (χ0n) is 6.46. The van der Waals surface area contributed by atoms with Crippen LogP contribution in [0.15, 0.2) is 24.8 Å². The minimum atomic E-state index is 0.782. The van der Waals surface area contributed by atoms with Gasteiger partial charge in [-0.1, -0.05) is 25.2 Å². The summed E-state index contributed by atoms with van der Waals surface area (Å²) in [4.78, 5) is 0. The maximum absolute atomic E-state index is 3.86. The fourth-order valence-corrected chi connectivity index (χ4v) is 2.46. The average molecular weight is 134 g/mol. The quantitative estimate of drug-likeness (QED) is 0.484. The van der Waals surface area contributed by atoms with Crippen LogP contribution in [-0.2, 0) is 0 Å². The molecule has 1 saturated carbocycles. The van der Waals surface area contributed by atoms with Crippen molar-refractivity contribution < 1.29 is 0 Å². The van der Waals surface area contributed by atoms with E-state index in [9.17, 15) is 0 Å². The van der Waals surface area contributed by atoms with Crippen LogP contribution in [-0.4, -0.2) is 0 Å². The summed E-state index contributed by atoms with van der Waals surface area (Å²) in [7, 11) is 0. The Morgan fingerprint density at radius 2 is 2.30 bits per heavy atom. The van der Waals surface area contributed by atoms with Gasteiger partial charge in [-0.05, 0) is 30.1 Å². The first-order valence-electron chi connectivity index (χ1n) is 4.14. The van der Waals surface area contributed by atoms with E-state index < -0.39 is 0 Å². The van der Waals surface area contributed by atoms with E-state index >= 15 is 0 Å². The van der Waals surface area contributed by atoms with Crippen molar-refractivity contribution in [1.29, 1.82) is 0 Å². The van der Waals surface area contributed by atoms with Gasteiger partial charge < -0.3 is 0 Å². The number of fused-ring (bicyclic) bond motifs is 2. The van der Waals surface area contributed by atoms with Crippen LogP contribution in [0.4, 0.5) is 0 Å². The summed E-state index contributed by atoms with van der Waals surface area (Å²) in [5.74, 6) is 3.36. The van der Waals surface area contributed by atoms with Gasteiger partial charge in [0.2, 0.25) is 0 Å². The van der Waals surface area contributed by atoms with Crippen molar-refractivity contribution in [3.05, 3.63) is 24.8 Å². The molecule has 0 spiro atoms. The number of rotatable bonds is 1. The summed E-state index contributed by atoms with van der Waals surface area (Å²) < 4.78 is 0. The lowest BCUT2D eigenvalue weighted by molar-refractivity contribution is 0.452. The molecule has 0 aromatic rings. The van der Waals surface area contributed by atoms with Gasteiger partial charge >= 0.3 is 0 Å². The van der Waals surface area contributed by atoms with Crippen molar-refractivity contribution in [2.45, 2.75) is 13.3 Å². The first-order valence-corrected chi connectivity index (χ1v) is 4.14. The summed E-state index contributed by atoms with van der Waals surface area (Å²) in [6.07, 6.45) is 8.25. The molecule has 0 saturated heterocycles. The smallest absolute Gasteiger partial charge is 0.0139 e. The van der Waals surface area contributed by atoms with E-state index in [0.29, 0.717) is 0 Å². The van der Waals surface area contributed by atoms with E-state index in [4.69, 9.17) is 0 Å². The molecule has 0 heteroatoms. The molecule has 0 heterocycles. The molecule has 0 aromatic heterocycles. The maximum Gasteiger partial charge on any atom is -0.0139 e. The van der Waals surface area contributed by atoms with E-state index in [-0.39, 0.29) is 0 Å². The van der Waals surface area contributed by atoms with Gasteiger partial charge in [-0.2, -0.15) is 0 Å². The van der Waals surface area contributed by atoms with Crippen LogP contribution in [0.25, 0.3) is 0 Å². The molecule has 10 heavy (non-hydrogen) atoms. The molecule has 4 unspecified atom stereocenters. The van der Waals surface area contributed by atoms with Crippen LogP contribution >= 0.6 is 0 Å². The Labute approximate surface area is 62.6 Å². The van der Waals surface area contributed by atoms with Crippen molar-refractivity contribution in [3.8, 4) is 0 Å². The van der Waals surface area contributed by atoms with Crippen molar-refractivity contribution in [3.63, 3.8) is 0 Å². The van der Waals surface area contributed by atoms with Crippen LogP contribution in [0.3, 0.4) is 0 Å². The van der Waals surface area contributed by atoms with Crippen molar-refractivity contribution in [2.24, 2.45) is 23.7 Å². The van der Waals surface area contributed by atoms with Crippen LogP contribution in [0, 0.1) is 23.7 Å². The summed E-state index contributed by atoms with van der Waals surface area (Å²) in [6, 6.07) is 0. The summed E-state index contributed by atoms with van der Waals surface area (Å²) in [5.41, 5.74) is 0. The SMILES string of the molecule is C=CC1CC2C=CC1C2C. The summed E-state index contributed by atoms with van der Waals surface area (Å²) >= 11 is 0. The van der Waals surface area contributed by atoms with Gasteiger partial charge in [0.05, 0.1) is 0 Å². The lowest BCUT2D eigenvalue weighted by Crippen LogP contribution is -2.05. The van der Waals surface area contributed by atoms with Gasteiger partial charge in [0.1, 0.15) is 0 Å². The number of hydrogen-bond acceptors (Lipinski definition) is 0. The minimum absolute atomic E-state index is 0.782. The molecule has 4 atom stereocenters. The Kier molecular flexibility index (Phi) is 1.23. The molecule has 2 bridgehead atoms. The van der Waals surface area contributed by atoms with E-state index in [1.165, 1.54) is 6.42 Å². The fourth-order valence-electron chi connectivity index (χ4n) is 2.46. The van der Waals surface area contributed by atoms with Crippen LogP contribution in [0.2, 0.25) is 0 Å². The molecule has 0 aliphatic heterocycles. The molecule has 0 nitrogen and oxygen atoms in total. The zero-order valence-corrected chi connectivity index (χ0v) is 6.46. The highest BCUT2D eigenvalue weighted by molar-refractivity contribution is 5.16. The molecule has 2 rings (SSSR count). The molecule has 1 fully saturated rings. The molecular formula is C10H14. The maximum atomic E-state index is 3.86. The van der Waals surface area contributed by atoms with Crippen molar-refractivity contribution >= 4 is 0 Å². The number of allylic oxidation sites excluding steroid dienone is 3. The second-order valence-electron chi connectivity index (χ2n) is 3.62. The average Bonchev–Trinajstić information content (AvgIpc) is 2.46. The van der Waals surface area contributed by atoms with E-state index in [0.717, 1.165) is 23.7 Å². The van der Waals surface area contributed by atoms with Crippen LogP contribution < -0.4 is 0 Å². The Bertz CT molecular complexity index is 178. The predicted molar refractivity (Wildman–Crippen MR) is 43.6 cm³/mol. The molecule has 0 aromatic carbocycles. The topological polar surface area (TPSA) is 0 Å². The van der Waals surface area contributed by atoms with E-state index in [1.54, 1.807) is 0 Å². The zero-order chi connectivity index (χ0) is 7.14. The molecule has 2 aliphatic carbocycles. The second kappa shape index (κ2) is 1.98. The largest absolute Gasteiger partial charge is 0.103 e. The predicted octanol–water partition coefficient (Wildman–Crippen LogP) is 2.63. The molecule has 2 aliphatic rings. The van der Waals surface area contributed by atoms with Crippen molar-refractivity contribution in [2.75, 3.05) is 0 Å². The van der Waals surface area contributed by atoms with Gasteiger partial charge in [-0.15, -0.1) is 6.58 Å². The number of hydrogen-bond donors (Lipinski definition) is 0. The van der Waals surface area contributed by atoms with Gasteiger partial charge in [0.25, 0.3) is 0 Å². The highest BCUT2D eigenvalue weighted by atomic mass is 14.4.